The number of non-ortho nitro benzene ring substituents is 1. The van der Waals surface area contributed by atoms with Gasteiger partial charge in [0.25, 0.3) is 5.69 Å². The maximum absolute atomic E-state index is 11.6. The highest BCUT2D eigenvalue weighted by Gasteiger charge is 2.26. The smallest absolute Gasteiger partial charge is 0.270 e. The predicted octanol–water partition coefficient (Wildman–Crippen LogP) is 0.811. The summed E-state index contributed by atoms with van der Waals surface area (Å²) in [5.74, 6) is -0.202. The molecule has 1 aromatic carbocycles. The number of nitrogens with zero attached hydrogens (tertiary/aromatic N) is 2. The van der Waals surface area contributed by atoms with Crippen LogP contribution in [0.3, 0.4) is 0 Å². The van der Waals surface area contributed by atoms with E-state index in [1.807, 2.05) is 0 Å². The Bertz CT molecular complexity index is 507. The summed E-state index contributed by atoms with van der Waals surface area (Å²) in [4.78, 5) is 23.1. The molecule has 94 valence electrons. The Morgan fingerprint density at radius 3 is 2.83 bits per heavy atom. The van der Waals surface area contributed by atoms with E-state index in [0.717, 1.165) is 0 Å². The van der Waals surface area contributed by atoms with E-state index in [9.17, 15) is 14.9 Å². The third-order valence-corrected chi connectivity index (χ3v) is 2.67. The van der Waals surface area contributed by atoms with E-state index >= 15 is 0 Å². The fourth-order valence-electron chi connectivity index (χ4n) is 1.65. The molecule has 1 amide bonds. The van der Waals surface area contributed by atoms with Crippen LogP contribution in [0.25, 0.3) is 6.08 Å². The SMILES string of the molecule is O=C(C=Cc1cccc([N+](=O)[O-])c1)N1CC(O)C1. The summed E-state index contributed by atoms with van der Waals surface area (Å²) < 4.78 is 0. The highest BCUT2D eigenvalue weighted by Crippen LogP contribution is 2.15. The van der Waals surface area contributed by atoms with Crippen molar-refractivity contribution in [2.45, 2.75) is 6.10 Å². The van der Waals surface area contributed by atoms with Crippen molar-refractivity contribution in [2.75, 3.05) is 13.1 Å². The molecular formula is C12H12N2O4. The molecule has 1 aliphatic heterocycles. The molecule has 18 heavy (non-hydrogen) atoms. The third kappa shape index (κ3) is 2.72. The average molecular weight is 248 g/mol. The summed E-state index contributed by atoms with van der Waals surface area (Å²) in [6.07, 6.45) is 2.45. The van der Waals surface area contributed by atoms with Crippen LogP contribution in [-0.2, 0) is 4.79 Å². The van der Waals surface area contributed by atoms with Gasteiger partial charge >= 0.3 is 0 Å². The number of nitro groups is 1. The Kier molecular flexibility index (Phi) is 3.38. The van der Waals surface area contributed by atoms with Crippen molar-refractivity contribution >= 4 is 17.7 Å². The first kappa shape index (κ1) is 12.3. The van der Waals surface area contributed by atoms with Crippen molar-refractivity contribution in [3.05, 3.63) is 46.0 Å². The van der Waals surface area contributed by atoms with Crippen molar-refractivity contribution in [3.8, 4) is 0 Å². The molecule has 2 rings (SSSR count). The van der Waals surface area contributed by atoms with Crippen molar-refractivity contribution in [2.24, 2.45) is 0 Å². The van der Waals surface area contributed by atoms with Gasteiger partial charge in [0.1, 0.15) is 0 Å². The van der Waals surface area contributed by atoms with Crippen LogP contribution in [-0.4, -0.2) is 40.0 Å². The number of aliphatic hydroxyl groups is 1. The van der Waals surface area contributed by atoms with Crippen molar-refractivity contribution in [1.29, 1.82) is 0 Å². The first-order chi connectivity index (χ1) is 8.56. The van der Waals surface area contributed by atoms with Crippen molar-refractivity contribution in [3.63, 3.8) is 0 Å². The van der Waals surface area contributed by atoms with Gasteiger partial charge in [-0.3, -0.25) is 14.9 Å². The van der Waals surface area contributed by atoms with Gasteiger partial charge in [0.2, 0.25) is 5.91 Å². The van der Waals surface area contributed by atoms with E-state index in [2.05, 4.69) is 0 Å². The molecule has 6 nitrogen and oxygen atoms in total. The first-order valence-corrected chi connectivity index (χ1v) is 5.46. The fraction of sp³-hybridized carbons (Fsp3) is 0.250. The average Bonchev–Trinajstić information content (AvgIpc) is 2.32. The van der Waals surface area contributed by atoms with Gasteiger partial charge in [0.05, 0.1) is 11.0 Å². The zero-order chi connectivity index (χ0) is 13.1. The van der Waals surface area contributed by atoms with E-state index in [-0.39, 0.29) is 11.6 Å². The molecule has 0 bridgehead atoms. The number of amides is 1. The quantitative estimate of drug-likeness (QED) is 0.487. The molecule has 6 heteroatoms. The molecule has 0 radical (unpaired) electrons. The number of likely N-dealkylation sites (tertiary alicyclic amines) is 1. The van der Waals surface area contributed by atoms with Gasteiger partial charge in [0.15, 0.2) is 0 Å². The second-order valence-corrected chi connectivity index (χ2v) is 4.08. The number of hydrogen-bond donors (Lipinski definition) is 1. The number of benzene rings is 1. The largest absolute Gasteiger partial charge is 0.389 e. The molecule has 0 aliphatic carbocycles. The van der Waals surface area contributed by atoms with Gasteiger partial charge in [-0.05, 0) is 11.6 Å². The molecule has 1 aromatic rings. The molecule has 0 spiro atoms. The van der Waals surface area contributed by atoms with Gasteiger partial charge in [-0.2, -0.15) is 0 Å². The van der Waals surface area contributed by atoms with Gasteiger partial charge in [-0.1, -0.05) is 12.1 Å². The minimum Gasteiger partial charge on any atom is -0.389 e. The number of carbonyl (C=O) groups excluding carboxylic acids is 1. The van der Waals surface area contributed by atoms with Crippen LogP contribution < -0.4 is 0 Å². The van der Waals surface area contributed by atoms with Crippen molar-refractivity contribution in [1.82, 2.24) is 4.90 Å². The standard InChI is InChI=1S/C12H12N2O4/c15-11-7-13(8-11)12(16)5-4-9-2-1-3-10(6-9)14(17)18/h1-6,11,15H,7-8H2. The lowest BCUT2D eigenvalue weighted by Crippen LogP contribution is -2.52. The number of β-amino-alcohol motifs (C(OH)–C–C–N with tert-alkyl or cyclic N) is 1. The topological polar surface area (TPSA) is 83.7 Å². The van der Waals surface area contributed by atoms with E-state index in [0.29, 0.717) is 18.7 Å². The van der Waals surface area contributed by atoms with E-state index in [4.69, 9.17) is 5.11 Å². The zero-order valence-electron chi connectivity index (χ0n) is 9.52. The lowest BCUT2D eigenvalue weighted by atomic mass is 10.1. The highest BCUT2D eigenvalue weighted by molar-refractivity contribution is 5.92. The van der Waals surface area contributed by atoms with Gasteiger partial charge in [-0.15, -0.1) is 0 Å². The van der Waals surface area contributed by atoms with Crippen LogP contribution >= 0.6 is 0 Å². The summed E-state index contributed by atoms with van der Waals surface area (Å²) in [5, 5.41) is 19.6. The molecule has 1 heterocycles. The Hall–Kier alpha value is -2.21. The Morgan fingerprint density at radius 1 is 1.50 bits per heavy atom. The van der Waals surface area contributed by atoms with Crippen LogP contribution in [0.4, 0.5) is 5.69 Å². The second-order valence-electron chi connectivity index (χ2n) is 4.08. The molecule has 1 aliphatic rings. The van der Waals surface area contributed by atoms with E-state index in [1.54, 1.807) is 12.1 Å². The monoisotopic (exact) mass is 248 g/mol. The molecule has 0 atom stereocenters. The van der Waals surface area contributed by atoms with E-state index < -0.39 is 11.0 Å². The first-order valence-electron chi connectivity index (χ1n) is 5.46. The molecule has 0 aromatic heterocycles. The molecular weight excluding hydrogens is 236 g/mol. The van der Waals surface area contributed by atoms with Crippen LogP contribution in [0.15, 0.2) is 30.3 Å². The van der Waals surface area contributed by atoms with Gasteiger partial charge < -0.3 is 10.0 Å². The zero-order valence-corrected chi connectivity index (χ0v) is 9.52. The highest BCUT2D eigenvalue weighted by atomic mass is 16.6. The predicted molar refractivity (Wildman–Crippen MR) is 64.7 cm³/mol. The normalized spacial score (nSPS) is 15.7. The minimum atomic E-state index is -0.481. The molecule has 1 fully saturated rings. The number of rotatable bonds is 3. The molecule has 1 saturated heterocycles. The van der Waals surface area contributed by atoms with Gasteiger partial charge in [-0.25, -0.2) is 0 Å². The Labute approximate surface area is 103 Å². The lowest BCUT2D eigenvalue weighted by Gasteiger charge is -2.34. The summed E-state index contributed by atoms with van der Waals surface area (Å²) in [6, 6.07) is 6.04. The minimum absolute atomic E-state index is 0.0102. The third-order valence-electron chi connectivity index (χ3n) is 2.67. The van der Waals surface area contributed by atoms with Crippen LogP contribution in [0.2, 0.25) is 0 Å². The molecule has 0 unspecified atom stereocenters. The van der Waals surface area contributed by atoms with Crippen LogP contribution in [0.5, 0.6) is 0 Å². The van der Waals surface area contributed by atoms with Crippen molar-refractivity contribution < 1.29 is 14.8 Å². The Morgan fingerprint density at radius 2 is 2.22 bits per heavy atom. The van der Waals surface area contributed by atoms with Crippen LogP contribution in [0, 0.1) is 10.1 Å². The fourth-order valence-corrected chi connectivity index (χ4v) is 1.65. The van der Waals surface area contributed by atoms with Gasteiger partial charge in [0, 0.05) is 31.3 Å². The van der Waals surface area contributed by atoms with E-state index in [1.165, 1.54) is 29.2 Å². The lowest BCUT2D eigenvalue weighted by molar-refractivity contribution is -0.384. The maximum atomic E-state index is 11.6. The maximum Gasteiger partial charge on any atom is 0.270 e. The molecule has 1 N–H and O–H groups in total. The summed E-state index contributed by atoms with van der Waals surface area (Å²) in [6.45, 7) is 0.691. The molecule has 0 saturated carbocycles. The Balaban J connectivity index is 2.02. The number of aliphatic hydroxyl groups excluding tert-OH is 1. The number of carbonyl (C=O) groups is 1. The number of nitro benzene ring substituents is 1. The summed E-state index contributed by atoms with van der Waals surface area (Å²) in [5.41, 5.74) is 0.586. The summed E-state index contributed by atoms with van der Waals surface area (Å²) >= 11 is 0. The van der Waals surface area contributed by atoms with Crippen LogP contribution in [0.1, 0.15) is 5.56 Å². The summed E-state index contributed by atoms with van der Waals surface area (Å²) in [7, 11) is 0. The second kappa shape index (κ2) is 4.97. The number of hydrogen-bond acceptors (Lipinski definition) is 4.